The van der Waals surface area contributed by atoms with E-state index in [0.29, 0.717) is 36.4 Å². The molecule has 40 heavy (non-hydrogen) atoms. The van der Waals surface area contributed by atoms with Crippen molar-refractivity contribution in [3.05, 3.63) is 53.9 Å². The number of rotatable bonds is 10. The van der Waals surface area contributed by atoms with E-state index in [1.807, 2.05) is 49.5 Å². The van der Waals surface area contributed by atoms with Crippen LogP contribution >= 0.6 is 11.3 Å². The van der Waals surface area contributed by atoms with Crippen molar-refractivity contribution < 1.29 is 14.6 Å². The number of nitrogens with one attached hydrogen (secondary N) is 1. The van der Waals surface area contributed by atoms with Crippen LogP contribution in [0.4, 0.5) is 17.6 Å². The van der Waals surface area contributed by atoms with Crippen LogP contribution in [0.15, 0.2) is 42.6 Å². The van der Waals surface area contributed by atoms with Crippen molar-refractivity contribution in [3.8, 4) is 10.6 Å². The zero-order valence-corrected chi connectivity index (χ0v) is 23.8. The van der Waals surface area contributed by atoms with Crippen molar-refractivity contribution in [2.75, 3.05) is 76.9 Å². The van der Waals surface area contributed by atoms with Crippen LogP contribution in [0.5, 0.6) is 0 Å². The largest absolute Gasteiger partial charge is 0.394 e. The third kappa shape index (κ3) is 6.70. The van der Waals surface area contributed by atoms with Gasteiger partial charge in [-0.2, -0.15) is 4.98 Å². The van der Waals surface area contributed by atoms with E-state index < -0.39 is 0 Å². The Labute approximate surface area is 237 Å². The number of benzene rings is 1. The summed E-state index contributed by atoms with van der Waals surface area (Å²) in [5.74, 6) is 1.99. The maximum Gasteiger partial charge on any atom is 0.253 e. The third-order valence-corrected chi connectivity index (χ3v) is 7.63. The molecule has 4 heterocycles. The minimum absolute atomic E-state index is 0.0404. The number of carbonyl (C=O) groups excluding carboxylic acids is 1. The van der Waals surface area contributed by atoms with Crippen molar-refractivity contribution in [3.63, 3.8) is 0 Å². The molecular formula is C28H34N8O3S. The van der Waals surface area contributed by atoms with Crippen LogP contribution in [0.3, 0.4) is 0 Å². The molecule has 4 aromatic rings. The monoisotopic (exact) mass is 562 g/mol. The summed E-state index contributed by atoms with van der Waals surface area (Å²) >= 11 is 1.54. The number of amides is 1. The van der Waals surface area contributed by atoms with Crippen molar-refractivity contribution >= 4 is 45.0 Å². The topological polar surface area (TPSA) is 120 Å². The molecule has 11 nitrogen and oxygen atoms in total. The second-order valence-corrected chi connectivity index (χ2v) is 10.9. The molecule has 0 radical (unpaired) electrons. The van der Waals surface area contributed by atoms with Gasteiger partial charge in [0.15, 0.2) is 0 Å². The number of nitrogens with zero attached hydrogens (tertiary/aromatic N) is 7. The highest BCUT2D eigenvalue weighted by molar-refractivity contribution is 7.21. The predicted octanol–water partition coefficient (Wildman–Crippen LogP) is 3.03. The van der Waals surface area contributed by atoms with Crippen LogP contribution in [0.1, 0.15) is 16.1 Å². The lowest BCUT2D eigenvalue weighted by Crippen LogP contribution is -2.48. The Kier molecular flexibility index (Phi) is 8.80. The molecule has 1 aliphatic heterocycles. The molecular weight excluding hydrogens is 528 g/mol. The maximum atomic E-state index is 12.4. The van der Waals surface area contributed by atoms with E-state index in [4.69, 9.17) is 19.8 Å². The van der Waals surface area contributed by atoms with Crippen LogP contribution in [0, 0.1) is 6.92 Å². The molecule has 1 saturated heterocycles. The summed E-state index contributed by atoms with van der Waals surface area (Å²) in [5, 5.41) is 13.0. The molecule has 2 N–H and O–H groups in total. The quantitative estimate of drug-likeness (QED) is 0.279. The average Bonchev–Trinajstić information content (AvgIpc) is 3.39. The van der Waals surface area contributed by atoms with Gasteiger partial charge in [-0.15, -0.1) is 11.3 Å². The first kappa shape index (κ1) is 27.8. The lowest BCUT2D eigenvalue weighted by Gasteiger charge is -2.34. The summed E-state index contributed by atoms with van der Waals surface area (Å²) < 4.78 is 6.36. The van der Waals surface area contributed by atoms with E-state index in [0.717, 1.165) is 59.2 Å². The van der Waals surface area contributed by atoms with E-state index in [1.54, 1.807) is 30.3 Å². The van der Waals surface area contributed by atoms with Gasteiger partial charge in [-0.05, 0) is 19.1 Å². The average molecular weight is 563 g/mol. The van der Waals surface area contributed by atoms with Crippen molar-refractivity contribution in [1.29, 1.82) is 0 Å². The smallest absolute Gasteiger partial charge is 0.253 e. The van der Waals surface area contributed by atoms with E-state index >= 15 is 0 Å². The molecule has 5 rings (SSSR count). The van der Waals surface area contributed by atoms with Gasteiger partial charge < -0.3 is 25.0 Å². The number of thiazole rings is 1. The highest BCUT2D eigenvalue weighted by atomic mass is 32.1. The number of aryl methyl sites for hydroxylation is 1. The fourth-order valence-electron chi connectivity index (χ4n) is 4.49. The molecule has 1 aromatic carbocycles. The van der Waals surface area contributed by atoms with Crippen molar-refractivity contribution in [2.45, 2.75) is 6.92 Å². The third-order valence-electron chi connectivity index (χ3n) is 6.58. The number of aliphatic hydroxyl groups excluding tert-OH is 1. The standard InChI is InChI=1S/C28H34N8O3S/c1-19-15-25(33-28(30-19)36-9-7-35(8-10-36)11-13-39-14-12-37)32-24-17-22-23(18-29-24)40-26(31-22)20-5-4-6-21(16-20)27(38)34(2)3/h4-6,15-18,37H,7-14H2,1-3H3,(H,29,30,32,33). The number of hydrogen-bond donors (Lipinski definition) is 2. The van der Waals surface area contributed by atoms with Crippen LogP contribution in [0.25, 0.3) is 20.8 Å². The lowest BCUT2D eigenvalue weighted by atomic mass is 10.1. The first-order valence-electron chi connectivity index (χ1n) is 13.3. The Morgan fingerprint density at radius 3 is 2.67 bits per heavy atom. The molecule has 0 atom stereocenters. The van der Waals surface area contributed by atoms with Gasteiger partial charge >= 0.3 is 0 Å². The maximum absolute atomic E-state index is 12.4. The molecule has 0 unspecified atom stereocenters. The minimum Gasteiger partial charge on any atom is -0.394 e. The number of aliphatic hydroxyl groups is 1. The van der Waals surface area contributed by atoms with Crippen LogP contribution < -0.4 is 10.2 Å². The summed E-state index contributed by atoms with van der Waals surface area (Å²) in [5.41, 5.74) is 3.23. The highest BCUT2D eigenvalue weighted by Crippen LogP contribution is 2.32. The Balaban J connectivity index is 1.27. The number of anilines is 3. The Hall–Kier alpha value is -3.71. The normalized spacial score (nSPS) is 14.1. The van der Waals surface area contributed by atoms with Gasteiger partial charge in [-0.25, -0.2) is 15.0 Å². The van der Waals surface area contributed by atoms with Crippen LogP contribution in [-0.2, 0) is 4.74 Å². The number of pyridine rings is 1. The van der Waals surface area contributed by atoms with Gasteiger partial charge in [0.05, 0.1) is 30.0 Å². The molecule has 12 heteroatoms. The Morgan fingerprint density at radius 2 is 1.90 bits per heavy atom. The number of carbonyl (C=O) groups is 1. The van der Waals surface area contributed by atoms with Gasteiger partial charge in [-0.1, -0.05) is 12.1 Å². The fraction of sp³-hybridized carbons (Fsp3) is 0.393. The molecule has 3 aromatic heterocycles. The molecule has 1 amide bonds. The Bertz CT molecular complexity index is 1470. The molecule has 1 fully saturated rings. The van der Waals surface area contributed by atoms with Gasteiger partial charge in [0, 0.05) is 82.0 Å². The molecule has 0 aliphatic carbocycles. The molecule has 1 aliphatic rings. The summed E-state index contributed by atoms with van der Waals surface area (Å²) in [6.45, 7) is 7.33. The molecule has 0 bridgehead atoms. The molecule has 0 spiro atoms. The number of aromatic nitrogens is 4. The van der Waals surface area contributed by atoms with Gasteiger partial charge in [0.2, 0.25) is 5.95 Å². The number of piperazine rings is 1. The zero-order valence-electron chi connectivity index (χ0n) is 23.0. The van der Waals surface area contributed by atoms with Crippen LogP contribution in [0.2, 0.25) is 0 Å². The van der Waals surface area contributed by atoms with Crippen LogP contribution in [-0.4, -0.2) is 107 Å². The second-order valence-electron chi connectivity index (χ2n) is 9.82. The molecule has 0 saturated carbocycles. The SMILES string of the molecule is Cc1cc(Nc2cc3nc(-c4cccc(C(=O)N(C)C)c4)sc3cn2)nc(N2CCN(CCOCCO)CC2)n1. The summed E-state index contributed by atoms with van der Waals surface area (Å²) in [6.07, 6.45) is 1.81. The van der Waals surface area contributed by atoms with Crippen molar-refractivity contribution in [1.82, 2.24) is 29.7 Å². The summed E-state index contributed by atoms with van der Waals surface area (Å²) in [6, 6.07) is 11.4. The van der Waals surface area contributed by atoms with Gasteiger partial charge in [0.25, 0.3) is 5.91 Å². The van der Waals surface area contributed by atoms with E-state index in [9.17, 15) is 4.79 Å². The Morgan fingerprint density at radius 1 is 1.07 bits per heavy atom. The van der Waals surface area contributed by atoms with E-state index in [-0.39, 0.29) is 12.5 Å². The fourth-order valence-corrected chi connectivity index (χ4v) is 5.40. The van der Waals surface area contributed by atoms with Crippen molar-refractivity contribution in [2.24, 2.45) is 0 Å². The van der Waals surface area contributed by atoms with E-state index in [1.165, 1.54) is 0 Å². The van der Waals surface area contributed by atoms with Gasteiger partial charge in [0.1, 0.15) is 16.6 Å². The predicted molar refractivity (Wildman–Crippen MR) is 157 cm³/mol. The zero-order chi connectivity index (χ0) is 28.1. The number of fused-ring (bicyclic) bond motifs is 1. The first-order valence-corrected chi connectivity index (χ1v) is 14.1. The lowest BCUT2D eigenvalue weighted by molar-refractivity contribution is 0.0724. The minimum atomic E-state index is -0.0404. The summed E-state index contributed by atoms with van der Waals surface area (Å²) in [4.78, 5) is 37.4. The number of hydrogen-bond acceptors (Lipinski definition) is 11. The highest BCUT2D eigenvalue weighted by Gasteiger charge is 2.20. The van der Waals surface area contributed by atoms with Gasteiger partial charge in [-0.3, -0.25) is 9.69 Å². The number of ether oxygens (including phenoxy) is 1. The van der Waals surface area contributed by atoms with E-state index in [2.05, 4.69) is 25.1 Å². The summed E-state index contributed by atoms with van der Waals surface area (Å²) in [7, 11) is 3.49. The first-order chi connectivity index (χ1) is 19.4. The second kappa shape index (κ2) is 12.6. The molecule has 210 valence electrons.